The van der Waals surface area contributed by atoms with Crippen LogP contribution in [0.2, 0.25) is 0 Å². The Morgan fingerprint density at radius 2 is 1.83 bits per heavy atom. The molecular weight excluding hydrogens is 362 g/mol. The molecule has 0 bridgehead atoms. The third-order valence-corrected chi connectivity index (χ3v) is 6.38. The summed E-state index contributed by atoms with van der Waals surface area (Å²) in [5.74, 6) is 0. The Kier molecular flexibility index (Phi) is 4.72. The van der Waals surface area contributed by atoms with Crippen molar-refractivity contribution < 1.29 is 0 Å². The minimum absolute atomic E-state index is 0.194. The summed E-state index contributed by atoms with van der Waals surface area (Å²) in [6.07, 6.45) is 9.79. The van der Waals surface area contributed by atoms with Crippen LogP contribution >= 0.6 is 0 Å². The number of benzene rings is 1. The highest BCUT2D eigenvalue weighted by Gasteiger charge is 2.25. The lowest BCUT2D eigenvalue weighted by Crippen LogP contribution is -2.31. The van der Waals surface area contributed by atoms with Crippen LogP contribution in [-0.2, 0) is 6.42 Å². The summed E-state index contributed by atoms with van der Waals surface area (Å²) in [6, 6.07) is 10.7. The Labute approximate surface area is 170 Å². The van der Waals surface area contributed by atoms with Gasteiger partial charge in [0.2, 0.25) is 0 Å². The van der Waals surface area contributed by atoms with Gasteiger partial charge in [-0.3, -0.25) is 9.67 Å². The number of hydrogen-bond acceptors (Lipinski definition) is 5. The zero-order valence-electron chi connectivity index (χ0n) is 16.7. The first-order valence-electron chi connectivity index (χ1n) is 10.4. The van der Waals surface area contributed by atoms with Crippen molar-refractivity contribution in [2.75, 3.05) is 20.1 Å². The third kappa shape index (κ3) is 3.38. The topological polar surface area (TPSA) is 63.4 Å². The van der Waals surface area contributed by atoms with Gasteiger partial charge in [-0.05, 0) is 74.6 Å². The molecule has 1 aliphatic heterocycles. The highest BCUT2D eigenvalue weighted by atomic mass is 16.3. The second-order valence-corrected chi connectivity index (χ2v) is 8.22. The van der Waals surface area contributed by atoms with Crippen molar-refractivity contribution in [2.45, 2.75) is 37.8 Å². The van der Waals surface area contributed by atoms with Gasteiger partial charge in [-0.25, -0.2) is 0 Å². The molecule has 6 heteroatoms. The fourth-order valence-corrected chi connectivity index (χ4v) is 4.64. The number of hydrogen-bond donors (Lipinski definition) is 0. The summed E-state index contributed by atoms with van der Waals surface area (Å²) in [7, 11) is 2.18. The van der Waals surface area contributed by atoms with Gasteiger partial charge in [-0.15, -0.1) is 0 Å². The van der Waals surface area contributed by atoms with Gasteiger partial charge >= 0.3 is 0 Å². The normalized spacial score (nSPS) is 20.0. The van der Waals surface area contributed by atoms with E-state index < -0.39 is 0 Å². The molecule has 6 nitrogen and oxygen atoms in total. The molecule has 0 N–H and O–H groups in total. The van der Waals surface area contributed by atoms with Crippen LogP contribution in [0.5, 0.6) is 0 Å². The van der Waals surface area contributed by atoms with E-state index in [4.69, 9.17) is 5.10 Å². The number of aryl methyl sites for hydroxylation is 1. The van der Waals surface area contributed by atoms with Crippen molar-refractivity contribution >= 4 is 0 Å². The standard InChI is InChI=1S/C23H25N5O/c1-27-12-8-19(9-13-27)28-15-21(23(25-28)16-6-10-24-11-7-16)18-2-4-20-17(14-18)3-5-22(20)26-29/h2,4,6-7,10-11,14-15,19,22H,3,5,8-9,12-13H2,1H3. The van der Waals surface area contributed by atoms with Gasteiger partial charge in [0.05, 0.1) is 6.04 Å². The predicted molar refractivity (Wildman–Crippen MR) is 114 cm³/mol. The molecule has 3 heterocycles. The quantitative estimate of drug-likeness (QED) is 0.612. The summed E-state index contributed by atoms with van der Waals surface area (Å²) >= 11 is 0. The van der Waals surface area contributed by atoms with Crippen LogP contribution in [0.4, 0.5) is 0 Å². The number of likely N-dealkylation sites (tertiary alicyclic amines) is 1. The Morgan fingerprint density at radius 3 is 2.59 bits per heavy atom. The number of aromatic nitrogens is 3. The Morgan fingerprint density at radius 1 is 1.03 bits per heavy atom. The number of piperidine rings is 1. The smallest absolute Gasteiger partial charge is 0.117 e. The molecule has 0 spiro atoms. The first-order chi connectivity index (χ1) is 14.2. The zero-order valence-corrected chi connectivity index (χ0v) is 16.7. The van der Waals surface area contributed by atoms with E-state index in [1.54, 1.807) is 0 Å². The molecule has 1 fully saturated rings. The van der Waals surface area contributed by atoms with Crippen molar-refractivity contribution in [3.8, 4) is 22.4 Å². The maximum atomic E-state index is 11.1. The van der Waals surface area contributed by atoms with Crippen LogP contribution in [-0.4, -0.2) is 39.8 Å². The van der Waals surface area contributed by atoms with Crippen molar-refractivity contribution in [2.24, 2.45) is 5.18 Å². The number of pyridine rings is 1. The number of rotatable bonds is 4. The molecule has 5 rings (SSSR count). The number of fused-ring (bicyclic) bond motifs is 1. The van der Waals surface area contributed by atoms with Gasteiger partial charge in [0, 0.05) is 29.7 Å². The fourth-order valence-electron chi connectivity index (χ4n) is 4.64. The minimum Gasteiger partial charge on any atom is -0.306 e. The van der Waals surface area contributed by atoms with E-state index in [1.807, 2.05) is 24.5 Å². The Balaban J connectivity index is 1.57. The molecule has 0 radical (unpaired) electrons. The summed E-state index contributed by atoms with van der Waals surface area (Å²) < 4.78 is 2.17. The second-order valence-electron chi connectivity index (χ2n) is 8.22. The van der Waals surface area contributed by atoms with Gasteiger partial charge in [0.1, 0.15) is 11.7 Å². The summed E-state index contributed by atoms with van der Waals surface area (Å²) in [4.78, 5) is 17.6. The van der Waals surface area contributed by atoms with Crippen LogP contribution in [0.3, 0.4) is 0 Å². The van der Waals surface area contributed by atoms with Gasteiger partial charge in [0.15, 0.2) is 0 Å². The van der Waals surface area contributed by atoms with Crippen LogP contribution in [0.15, 0.2) is 54.1 Å². The SMILES string of the molecule is CN1CCC(n2cc(-c3ccc4c(c3)CCC4N=O)c(-c3ccncc3)n2)CC1. The Hall–Kier alpha value is -2.86. The van der Waals surface area contributed by atoms with Crippen LogP contribution in [0.25, 0.3) is 22.4 Å². The Bertz CT molecular complexity index is 1020. The average molecular weight is 387 g/mol. The molecule has 1 aliphatic carbocycles. The monoisotopic (exact) mass is 387 g/mol. The predicted octanol–water partition coefficient (Wildman–Crippen LogP) is 4.63. The highest BCUT2D eigenvalue weighted by Crippen LogP contribution is 2.39. The second kappa shape index (κ2) is 7.52. The lowest BCUT2D eigenvalue weighted by molar-refractivity contribution is 0.212. The maximum Gasteiger partial charge on any atom is 0.117 e. The lowest BCUT2D eigenvalue weighted by atomic mass is 9.98. The maximum absolute atomic E-state index is 11.1. The van der Waals surface area contributed by atoms with Crippen molar-refractivity contribution in [1.82, 2.24) is 19.7 Å². The van der Waals surface area contributed by atoms with Gasteiger partial charge in [0.25, 0.3) is 0 Å². The zero-order chi connectivity index (χ0) is 19.8. The molecule has 0 saturated carbocycles. The molecular formula is C23H25N5O. The molecule has 29 heavy (non-hydrogen) atoms. The van der Waals surface area contributed by atoms with Crippen LogP contribution in [0.1, 0.15) is 42.5 Å². The molecule has 1 atom stereocenters. The van der Waals surface area contributed by atoms with E-state index in [2.05, 4.69) is 51.2 Å². The number of nitroso groups, excluding NO2 is 1. The minimum atomic E-state index is -0.194. The lowest BCUT2D eigenvalue weighted by Gasteiger charge is -2.29. The van der Waals surface area contributed by atoms with E-state index >= 15 is 0 Å². The van der Waals surface area contributed by atoms with E-state index in [1.165, 1.54) is 5.56 Å². The average Bonchev–Trinajstić information content (AvgIpc) is 3.39. The largest absolute Gasteiger partial charge is 0.306 e. The van der Waals surface area contributed by atoms with Gasteiger partial charge in [-0.1, -0.05) is 23.4 Å². The molecule has 1 saturated heterocycles. The first kappa shape index (κ1) is 18.2. The van der Waals surface area contributed by atoms with E-state index in [-0.39, 0.29) is 6.04 Å². The summed E-state index contributed by atoms with van der Waals surface area (Å²) in [5, 5.41) is 8.32. The first-order valence-corrected chi connectivity index (χ1v) is 10.4. The summed E-state index contributed by atoms with van der Waals surface area (Å²) in [5.41, 5.74) is 6.68. The van der Waals surface area contributed by atoms with Gasteiger partial charge in [-0.2, -0.15) is 10.0 Å². The van der Waals surface area contributed by atoms with Crippen LogP contribution < -0.4 is 0 Å². The molecule has 1 unspecified atom stereocenters. The molecule has 1 aromatic carbocycles. The molecule has 3 aromatic rings. The third-order valence-electron chi connectivity index (χ3n) is 6.38. The highest BCUT2D eigenvalue weighted by molar-refractivity contribution is 5.80. The molecule has 2 aliphatic rings. The van der Waals surface area contributed by atoms with Gasteiger partial charge < -0.3 is 4.90 Å². The molecule has 148 valence electrons. The van der Waals surface area contributed by atoms with Crippen LogP contribution in [0, 0.1) is 4.91 Å². The van der Waals surface area contributed by atoms with Crippen molar-refractivity contribution in [3.05, 3.63) is 65.0 Å². The fraction of sp³-hybridized carbons (Fsp3) is 0.391. The van der Waals surface area contributed by atoms with E-state index in [0.29, 0.717) is 6.04 Å². The van der Waals surface area contributed by atoms with Crippen molar-refractivity contribution in [3.63, 3.8) is 0 Å². The number of nitrogens with zero attached hydrogens (tertiary/aromatic N) is 5. The van der Waals surface area contributed by atoms with E-state index in [9.17, 15) is 4.91 Å². The molecule has 2 aromatic heterocycles. The molecule has 0 amide bonds. The van der Waals surface area contributed by atoms with Crippen molar-refractivity contribution in [1.29, 1.82) is 0 Å². The van der Waals surface area contributed by atoms with E-state index in [0.717, 1.165) is 66.7 Å². The summed E-state index contributed by atoms with van der Waals surface area (Å²) in [6.45, 7) is 2.20.